The molecule has 1 aromatic heterocycles. The molecule has 1 atom stereocenters. The van der Waals surface area contributed by atoms with Gasteiger partial charge in [0.1, 0.15) is 5.82 Å². The summed E-state index contributed by atoms with van der Waals surface area (Å²) in [6, 6.07) is 7.22. The van der Waals surface area contributed by atoms with Crippen LogP contribution < -0.4 is 31.9 Å². The van der Waals surface area contributed by atoms with Gasteiger partial charge in [0.25, 0.3) is 0 Å². The van der Waals surface area contributed by atoms with Crippen molar-refractivity contribution in [2.45, 2.75) is 25.3 Å². The summed E-state index contributed by atoms with van der Waals surface area (Å²) in [7, 11) is 0. The van der Waals surface area contributed by atoms with Crippen LogP contribution in [-0.2, 0) is 4.79 Å². The van der Waals surface area contributed by atoms with Crippen molar-refractivity contribution in [1.82, 2.24) is 30.8 Å². The van der Waals surface area contributed by atoms with E-state index in [1.807, 2.05) is 29.2 Å². The average Bonchev–Trinajstić information content (AvgIpc) is 3.42. The predicted octanol–water partition coefficient (Wildman–Crippen LogP) is 2.09. The normalized spacial score (nSPS) is 17.6. The van der Waals surface area contributed by atoms with Crippen molar-refractivity contribution >= 4 is 51.0 Å². The van der Waals surface area contributed by atoms with Gasteiger partial charge in [-0.3, -0.25) is 4.79 Å². The monoisotopic (exact) mass is 545 g/mol. The molecule has 1 aromatic carbocycles. The summed E-state index contributed by atoms with van der Waals surface area (Å²) < 4.78 is 0.746. The maximum Gasteiger partial charge on any atom is 0.321 e. The minimum Gasteiger partial charge on any atom is -0.369 e. The Balaban J connectivity index is 1.25. The number of carbonyl (C=O) groups excluding carboxylic acids is 2. The Labute approximate surface area is 213 Å². The van der Waals surface area contributed by atoms with Crippen LogP contribution in [0.15, 0.2) is 34.9 Å². The first kappa shape index (κ1) is 25.1. The standard InChI is InChI=1S/C23H32BrN9O2/c24-18-14-29-22(30-16-5-3-6-17(13-16)31-23(35)33-11-1-2-12-33)32-20(18)27-7-4-8-28-21(34)19-15-25-9-10-26-19/h3,5-6,13-14,19,25-26H,1-2,4,7-12,15H2,(H,28,34)(H,31,35)(H2,27,29,30,32). The van der Waals surface area contributed by atoms with E-state index >= 15 is 0 Å². The van der Waals surface area contributed by atoms with E-state index in [0.29, 0.717) is 37.1 Å². The molecule has 0 saturated carbocycles. The number of rotatable bonds is 9. The Kier molecular flexibility index (Phi) is 9.09. The minimum absolute atomic E-state index is 0.0192. The highest BCUT2D eigenvalue weighted by Crippen LogP contribution is 2.23. The van der Waals surface area contributed by atoms with Crippen LogP contribution >= 0.6 is 15.9 Å². The fourth-order valence-electron chi connectivity index (χ4n) is 3.95. The predicted molar refractivity (Wildman–Crippen MR) is 140 cm³/mol. The molecule has 2 aromatic rings. The number of hydrogen-bond acceptors (Lipinski definition) is 8. The van der Waals surface area contributed by atoms with E-state index in [2.05, 4.69) is 57.8 Å². The van der Waals surface area contributed by atoms with Crippen LogP contribution in [0.5, 0.6) is 0 Å². The summed E-state index contributed by atoms with van der Waals surface area (Å²) in [6.45, 7) is 5.16. The van der Waals surface area contributed by atoms with Crippen LogP contribution in [0.1, 0.15) is 19.3 Å². The van der Waals surface area contributed by atoms with Gasteiger partial charge in [0.2, 0.25) is 11.9 Å². The highest BCUT2D eigenvalue weighted by atomic mass is 79.9. The second kappa shape index (κ2) is 12.7. The van der Waals surface area contributed by atoms with Gasteiger partial charge >= 0.3 is 6.03 Å². The molecule has 0 spiro atoms. The summed E-state index contributed by atoms with van der Waals surface area (Å²) in [5.74, 6) is 1.11. The van der Waals surface area contributed by atoms with E-state index in [4.69, 9.17) is 0 Å². The van der Waals surface area contributed by atoms with Gasteiger partial charge in [-0.25, -0.2) is 9.78 Å². The first-order valence-corrected chi connectivity index (χ1v) is 12.8. The highest BCUT2D eigenvalue weighted by molar-refractivity contribution is 9.10. The van der Waals surface area contributed by atoms with Crippen LogP contribution in [0.25, 0.3) is 0 Å². The number of aromatic nitrogens is 2. The molecule has 2 saturated heterocycles. The van der Waals surface area contributed by atoms with Gasteiger partial charge in [-0.1, -0.05) is 6.07 Å². The third-order valence-corrected chi connectivity index (χ3v) is 6.39. The number of carbonyl (C=O) groups is 2. The molecule has 2 fully saturated rings. The molecule has 1 unspecified atom stereocenters. The smallest absolute Gasteiger partial charge is 0.321 e. The Morgan fingerprint density at radius 2 is 1.97 bits per heavy atom. The number of nitrogens with zero attached hydrogens (tertiary/aromatic N) is 3. The van der Waals surface area contributed by atoms with E-state index in [9.17, 15) is 9.59 Å². The molecule has 11 nitrogen and oxygen atoms in total. The van der Waals surface area contributed by atoms with Gasteiger partial charge < -0.3 is 36.8 Å². The van der Waals surface area contributed by atoms with Crippen molar-refractivity contribution in [3.63, 3.8) is 0 Å². The summed E-state index contributed by atoms with van der Waals surface area (Å²) in [5.41, 5.74) is 1.48. The molecule has 0 radical (unpaired) electrons. The van der Waals surface area contributed by atoms with Crippen LogP contribution in [0, 0.1) is 0 Å². The molecule has 2 aliphatic heterocycles. The average molecular weight is 546 g/mol. The van der Waals surface area contributed by atoms with Crippen LogP contribution in [0.3, 0.4) is 0 Å². The zero-order chi connectivity index (χ0) is 24.5. The number of amides is 3. The van der Waals surface area contributed by atoms with E-state index < -0.39 is 0 Å². The molecule has 2 aliphatic rings. The maximum absolute atomic E-state index is 12.4. The fourth-order valence-corrected chi connectivity index (χ4v) is 4.28. The Bertz CT molecular complexity index is 1010. The molecule has 35 heavy (non-hydrogen) atoms. The topological polar surface area (TPSA) is 135 Å². The number of hydrogen-bond donors (Lipinski definition) is 6. The molecular formula is C23H32BrN9O2. The van der Waals surface area contributed by atoms with Crippen molar-refractivity contribution in [2.24, 2.45) is 0 Å². The maximum atomic E-state index is 12.4. The number of benzene rings is 1. The van der Waals surface area contributed by atoms with Gasteiger partial charge in [-0.2, -0.15) is 4.98 Å². The number of likely N-dealkylation sites (tertiary alicyclic amines) is 1. The Morgan fingerprint density at radius 1 is 1.14 bits per heavy atom. The van der Waals surface area contributed by atoms with Crippen LogP contribution in [0.4, 0.5) is 27.9 Å². The summed E-state index contributed by atoms with van der Waals surface area (Å²) in [5, 5.41) is 18.8. The van der Waals surface area contributed by atoms with Crippen molar-refractivity contribution in [1.29, 1.82) is 0 Å². The largest absolute Gasteiger partial charge is 0.369 e. The van der Waals surface area contributed by atoms with Crippen molar-refractivity contribution < 1.29 is 9.59 Å². The van der Waals surface area contributed by atoms with E-state index in [-0.39, 0.29) is 18.0 Å². The lowest BCUT2D eigenvalue weighted by atomic mass is 10.2. The molecule has 12 heteroatoms. The summed E-state index contributed by atoms with van der Waals surface area (Å²) in [6.07, 6.45) is 4.54. The lowest BCUT2D eigenvalue weighted by Gasteiger charge is -2.23. The van der Waals surface area contributed by atoms with Gasteiger partial charge in [-0.05, 0) is 53.4 Å². The number of urea groups is 1. The molecule has 0 bridgehead atoms. The fraction of sp³-hybridized carbons (Fsp3) is 0.478. The Morgan fingerprint density at radius 3 is 2.77 bits per heavy atom. The van der Waals surface area contributed by atoms with E-state index in [0.717, 1.165) is 55.6 Å². The van der Waals surface area contributed by atoms with Crippen molar-refractivity contribution in [3.8, 4) is 0 Å². The van der Waals surface area contributed by atoms with E-state index in [1.165, 1.54) is 0 Å². The number of anilines is 4. The molecule has 188 valence electrons. The Hall–Kier alpha value is -2.96. The van der Waals surface area contributed by atoms with Gasteiger partial charge in [0, 0.05) is 63.4 Å². The number of halogens is 1. The second-order valence-corrected chi connectivity index (χ2v) is 9.36. The zero-order valence-corrected chi connectivity index (χ0v) is 21.2. The third kappa shape index (κ3) is 7.51. The van der Waals surface area contributed by atoms with Gasteiger partial charge in [0.15, 0.2) is 0 Å². The van der Waals surface area contributed by atoms with Gasteiger partial charge in [0.05, 0.1) is 10.5 Å². The zero-order valence-electron chi connectivity index (χ0n) is 19.6. The molecule has 3 amide bonds. The molecule has 3 heterocycles. The molecule has 4 rings (SSSR count). The van der Waals surface area contributed by atoms with Crippen molar-refractivity contribution in [3.05, 3.63) is 34.9 Å². The molecule has 6 N–H and O–H groups in total. The first-order valence-electron chi connectivity index (χ1n) is 12.0. The quantitative estimate of drug-likeness (QED) is 0.264. The van der Waals surface area contributed by atoms with E-state index in [1.54, 1.807) is 6.20 Å². The summed E-state index contributed by atoms with van der Waals surface area (Å²) >= 11 is 3.48. The first-order chi connectivity index (χ1) is 17.1. The number of piperazine rings is 1. The SMILES string of the molecule is O=C(NCCCNc1nc(Nc2cccc(NC(=O)N3CCCC3)c2)ncc1Br)C1CNCCN1. The molecular weight excluding hydrogens is 514 g/mol. The molecule has 0 aliphatic carbocycles. The lowest BCUT2D eigenvalue weighted by molar-refractivity contribution is -0.123. The second-order valence-electron chi connectivity index (χ2n) is 8.50. The lowest BCUT2D eigenvalue weighted by Crippen LogP contribution is -2.55. The van der Waals surface area contributed by atoms with Crippen LogP contribution in [-0.4, -0.2) is 78.7 Å². The van der Waals surface area contributed by atoms with Crippen molar-refractivity contribution in [2.75, 3.05) is 61.8 Å². The highest BCUT2D eigenvalue weighted by Gasteiger charge is 2.19. The van der Waals surface area contributed by atoms with Crippen LogP contribution in [0.2, 0.25) is 0 Å². The number of nitrogens with one attached hydrogen (secondary N) is 6. The summed E-state index contributed by atoms with van der Waals surface area (Å²) in [4.78, 5) is 35.2. The third-order valence-electron chi connectivity index (χ3n) is 5.81. The minimum atomic E-state index is -0.173. The van der Waals surface area contributed by atoms with Gasteiger partial charge in [-0.15, -0.1) is 0 Å².